The molecule has 1 heterocycles. The van der Waals surface area contributed by atoms with Crippen LogP contribution in [0, 0.1) is 0 Å². The molecule has 4 nitrogen and oxygen atoms in total. The number of hydrogen-bond acceptors (Lipinski definition) is 4. The zero-order valence-electron chi connectivity index (χ0n) is 18.9. The predicted octanol–water partition coefficient (Wildman–Crippen LogP) is 7.35. The molecule has 0 bridgehead atoms. The summed E-state index contributed by atoms with van der Waals surface area (Å²) in [5, 5.41) is 1.04. The first kappa shape index (κ1) is 24.8. The van der Waals surface area contributed by atoms with Crippen molar-refractivity contribution in [2.24, 2.45) is 0 Å². The average molecular weight is 411 g/mol. The number of carbonyl (C=O) groups is 1. The van der Waals surface area contributed by atoms with E-state index >= 15 is 0 Å². The highest BCUT2D eigenvalue weighted by Gasteiger charge is 2.25. The van der Waals surface area contributed by atoms with Crippen molar-refractivity contribution >= 4 is 19.6 Å². The minimum atomic E-state index is -1.52. The van der Waals surface area contributed by atoms with E-state index in [-0.39, 0.29) is 6.10 Å². The number of ether oxygens (including phenoxy) is 2. The van der Waals surface area contributed by atoms with Crippen LogP contribution in [0.2, 0.25) is 19.6 Å². The van der Waals surface area contributed by atoms with Gasteiger partial charge in [0.25, 0.3) is 0 Å². The molecule has 0 N–H and O–H groups in total. The lowest BCUT2D eigenvalue weighted by Gasteiger charge is -2.16. The third-order valence-electron chi connectivity index (χ3n) is 5.05. The maximum absolute atomic E-state index is 11.8. The predicted molar refractivity (Wildman–Crippen MR) is 119 cm³/mol. The van der Waals surface area contributed by atoms with Gasteiger partial charge in [0.2, 0.25) is 0 Å². The van der Waals surface area contributed by atoms with Gasteiger partial charge >= 0.3 is 6.16 Å². The van der Waals surface area contributed by atoms with Gasteiger partial charge in [-0.3, -0.25) is 0 Å². The highest BCUT2D eigenvalue weighted by Crippen LogP contribution is 2.26. The Balaban J connectivity index is 2.40. The lowest BCUT2D eigenvalue weighted by atomic mass is 10.0. The molecular formula is C23H42O4Si. The Morgan fingerprint density at radius 3 is 2.04 bits per heavy atom. The van der Waals surface area contributed by atoms with Crippen LogP contribution < -0.4 is 5.38 Å². The molecule has 0 aliphatic carbocycles. The van der Waals surface area contributed by atoms with Gasteiger partial charge in [-0.15, -0.1) is 0 Å². The number of rotatable bonds is 15. The lowest BCUT2D eigenvalue weighted by Crippen LogP contribution is -2.36. The summed E-state index contributed by atoms with van der Waals surface area (Å²) in [6, 6.07) is 2.08. The molecule has 0 radical (unpaired) electrons. The quantitative estimate of drug-likeness (QED) is 0.172. The van der Waals surface area contributed by atoms with E-state index in [1.165, 1.54) is 57.8 Å². The SMILES string of the molecule is CCCCCCCCCCCCC(OC(=O)OCC)c1coc([Si](C)(C)C)c1. The van der Waals surface area contributed by atoms with Crippen LogP contribution in [0.4, 0.5) is 4.79 Å². The third-order valence-corrected chi connectivity index (χ3v) is 6.79. The summed E-state index contributed by atoms with van der Waals surface area (Å²) in [5.41, 5.74) is 0.960. The van der Waals surface area contributed by atoms with Crippen molar-refractivity contribution in [2.75, 3.05) is 6.61 Å². The Bertz CT molecular complexity index is 533. The molecule has 0 amide bonds. The van der Waals surface area contributed by atoms with E-state index in [0.717, 1.165) is 23.8 Å². The number of hydrogen-bond donors (Lipinski definition) is 0. The largest absolute Gasteiger partial charge is 0.508 e. The fourth-order valence-corrected chi connectivity index (χ4v) is 4.30. The highest BCUT2D eigenvalue weighted by atomic mass is 28.3. The normalized spacial score (nSPS) is 12.8. The van der Waals surface area contributed by atoms with Crippen LogP contribution in [0.1, 0.15) is 96.1 Å². The van der Waals surface area contributed by atoms with Gasteiger partial charge in [0.15, 0.2) is 0 Å². The van der Waals surface area contributed by atoms with Gasteiger partial charge in [0.05, 0.1) is 18.3 Å². The van der Waals surface area contributed by atoms with Crippen molar-refractivity contribution in [1.82, 2.24) is 0 Å². The van der Waals surface area contributed by atoms with Crippen molar-refractivity contribution < 1.29 is 18.7 Å². The van der Waals surface area contributed by atoms with Gasteiger partial charge in [-0.05, 0) is 25.8 Å². The molecule has 0 saturated carbocycles. The summed E-state index contributed by atoms with van der Waals surface area (Å²) in [6.07, 6.45) is 14.6. The molecule has 0 aromatic carbocycles. The van der Waals surface area contributed by atoms with Crippen LogP contribution in [0.3, 0.4) is 0 Å². The smallest absolute Gasteiger partial charge is 0.474 e. The average Bonchev–Trinajstić information content (AvgIpc) is 3.13. The van der Waals surface area contributed by atoms with Crippen LogP contribution in [0.5, 0.6) is 0 Å². The van der Waals surface area contributed by atoms with E-state index in [2.05, 4.69) is 32.6 Å². The minimum Gasteiger partial charge on any atom is -0.474 e. The van der Waals surface area contributed by atoms with Crippen LogP contribution in [0.25, 0.3) is 0 Å². The summed E-state index contributed by atoms with van der Waals surface area (Å²) in [4.78, 5) is 11.8. The molecule has 0 aliphatic heterocycles. The maximum atomic E-state index is 11.8. The molecule has 5 heteroatoms. The second-order valence-electron chi connectivity index (χ2n) is 8.75. The Labute approximate surface area is 173 Å². The lowest BCUT2D eigenvalue weighted by molar-refractivity contribution is 0.0216. The molecule has 0 fully saturated rings. The molecule has 1 unspecified atom stereocenters. The Hall–Kier alpha value is -1.23. The summed E-state index contributed by atoms with van der Waals surface area (Å²) in [7, 11) is -1.52. The zero-order chi connectivity index (χ0) is 20.8. The van der Waals surface area contributed by atoms with Crippen molar-refractivity contribution in [2.45, 2.75) is 110 Å². The standard InChI is InChI=1S/C23H42O4Si/c1-6-8-9-10-11-12-13-14-15-16-17-21(27-23(24)25-7-2)20-18-22(26-19-20)28(3,4)5/h18-19,21H,6-17H2,1-5H3. The van der Waals surface area contributed by atoms with Crippen molar-refractivity contribution in [3.8, 4) is 0 Å². The van der Waals surface area contributed by atoms with E-state index in [0.29, 0.717) is 6.61 Å². The summed E-state index contributed by atoms with van der Waals surface area (Å²) < 4.78 is 16.3. The van der Waals surface area contributed by atoms with Gasteiger partial charge in [-0.1, -0.05) is 84.4 Å². The first-order valence-electron chi connectivity index (χ1n) is 11.3. The zero-order valence-corrected chi connectivity index (χ0v) is 19.9. The summed E-state index contributed by atoms with van der Waals surface area (Å²) >= 11 is 0. The Kier molecular flexibility index (Phi) is 12.3. The topological polar surface area (TPSA) is 48.7 Å². The van der Waals surface area contributed by atoms with Crippen molar-refractivity contribution in [1.29, 1.82) is 0 Å². The number of unbranched alkanes of at least 4 members (excludes halogenated alkanes) is 9. The van der Waals surface area contributed by atoms with E-state index in [1.807, 2.05) is 0 Å². The monoisotopic (exact) mass is 410 g/mol. The summed E-state index contributed by atoms with van der Waals surface area (Å²) in [6.45, 7) is 11.1. The van der Waals surface area contributed by atoms with E-state index in [9.17, 15) is 4.79 Å². The molecule has 1 atom stereocenters. The van der Waals surface area contributed by atoms with Crippen LogP contribution in [-0.4, -0.2) is 20.8 Å². The van der Waals surface area contributed by atoms with E-state index < -0.39 is 14.2 Å². The van der Waals surface area contributed by atoms with Gasteiger partial charge in [-0.2, -0.15) is 0 Å². The third kappa shape index (κ3) is 10.3. The Morgan fingerprint density at radius 2 is 1.54 bits per heavy atom. The number of carbonyl (C=O) groups excluding carboxylic acids is 1. The van der Waals surface area contributed by atoms with Crippen molar-refractivity contribution in [3.63, 3.8) is 0 Å². The second kappa shape index (κ2) is 13.9. The number of furan rings is 1. The molecular weight excluding hydrogens is 368 g/mol. The molecule has 1 aromatic rings. The van der Waals surface area contributed by atoms with E-state index in [4.69, 9.17) is 13.9 Å². The maximum Gasteiger partial charge on any atom is 0.508 e. The molecule has 0 aliphatic rings. The van der Waals surface area contributed by atoms with E-state index in [1.54, 1.807) is 13.2 Å². The molecule has 0 saturated heterocycles. The Morgan fingerprint density at radius 1 is 0.964 bits per heavy atom. The summed E-state index contributed by atoms with van der Waals surface area (Å²) in [5.74, 6) is 0. The van der Waals surface area contributed by atoms with Crippen LogP contribution in [-0.2, 0) is 9.47 Å². The fourth-order valence-electron chi connectivity index (χ4n) is 3.29. The van der Waals surface area contributed by atoms with Crippen LogP contribution >= 0.6 is 0 Å². The van der Waals surface area contributed by atoms with Crippen LogP contribution in [0.15, 0.2) is 16.7 Å². The van der Waals surface area contributed by atoms with Gasteiger partial charge in [-0.25, -0.2) is 4.79 Å². The first-order chi connectivity index (χ1) is 13.4. The van der Waals surface area contributed by atoms with Gasteiger partial charge in [0, 0.05) is 5.56 Å². The minimum absolute atomic E-state index is 0.276. The fraction of sp³-hybridized carbons (Fsp3) is 0.783. The molecule has 1 rings (SSSR count). The molecule has 0 spiro atoms. The van der Waals surface area contributed by atoms with Crippen molar-refractivity contribution in [3.05, 3.63) is 17.9 Å². The molecule has 1 aromatic heterocycles. The highest BCUT2D eigenvalue weighted by molar-refractivity contribution is 6.87. The van der Waals surface area contributed by atoms with Gasteiger partial charge in [0.1, 0.15) is 14.2 Å². The second-order valence-corrected chi connectivity index (χ2v) is 13.7. The molecule has 28 heavy (non-hydrogen) atoms. The van der Waals surface area contributed by atoms with Gasteiger partial charge < -0.3 is 13.9 Å². The first-order valence-corrected chi connectivity index (χ1v) is 14.8. The molecule has 162 valence electrons.